The van der Waals surface area contributed by atoms with Gasteiger partial charge in [-0.2, -0.15) is 0 Å². The molecule has 2 rings (SSSR count). The van der Waals surface area contributed by atoms with Crippen molar-refractivity contribution in [2.75, 3.05) is 0 Å². The van der Waals surface area contributed by atoms with Crippen LogP contribution < -0.4 is 0 Å². The summed E-state index contributed by atoms with van der Waals surface area (Å²) in [6.07, 6.45) is 16.3. The summed E-state index contributed by atoms with van der Waals surface area (Å²) >= 11 is 0. The van der Waals surface area contributed by atoms with Gasteiger partial charge in [-0.05, 0) is 12.8 Å². The highest BCUT2D eigenvalue weighted by molar-refractivity contribution is 6.92. The first-order valence-electron chi connectivity index (χ1n) is 6.06. The topological polar surface area (TPSA) is 0 Å². The molecule has 0 radical (unpaired) electrons. The lowest BCUT2D eigenvalue weighted by Gasteiger charge is -2.33. The van der Waals surface area contributed by atoms with Gasteiger partial charge in [-0.1, -0.05) is 72.8 Å². The normalized spacial score (nSPS) is 19.6. The Hall–Kier alpha value is -0.823. The zero-order valence-corrected chi connectivity index (χ0v) is 10.8. The highest BCUT2D eigenvalue weighted by Crippen LogP contribution is 2.38. The third-order valence-corrected chi connectivity index (χ3v) is 9.59. The standard InChI is InChI=1S/C14H20Si/c1-3-15(4-2,13-9-5-6-10-13)14-11-7-8-12-14/h5-9,11H,3-4,10,12H2,1-2H3. The molecule has 0 fully saturated rings. The predicted octanol–water partition coefficient (Wildman–Crippen LogP) is 4.33. The summed E-state index contributed by atoms with van der Waals surface area (Å²) in [6, 6.07) is 2.73. The van der Waals surface area contributed by atoms with Gasteiger partial charge in [-0.15, -0.1) is 0 Å². The summed E-state index contributed by atoms with van der Waals surface area (Å²) in [5, 5.41) is 3.50. The molecule has 2 aliphatic carbocycles. The summed E-state index contributed by atoms with van der Waals surface area (Å²) < 4.78 is 0. The van der Waals surface area contributed by atoms with Gasteiger partial charge in [0.05, 0.1) is 0 Å². The van der Waals surface area contributed by atoms with E-state index in [1.54, 1.807) is 10.4 Å². The van der Waals surface area contributed by atoms with Crippen LogP contribution in [0.5, 0.6) is 0 Å². The van der Waals surface area contributed by atoms with Crippen LogP contribution >= 0.6 is 0 Å². The van der Waals surface area contributed by atoms with E-state index in [0.717, 1.165) is 0 Å². The van der Waals surface area contributed by atoms with Crippen molar-refractivity contribution in [3.8, 4) is 0 Å². The molecular weight excluding hydrogens is 196 g/mol. The third-order valence-electron chi connectivity index (χ3n) is 3.98. The molecule has 0 aliphatic heterocycles. The highest BCUT2D eigenvalue weighted by Gasteiger charge is 2.36. The second-order valence-corrected chi connectivity index (χ2v) is 9.30. The van der Waals surface area contributed by atoms with Gasteiger partial charge in [0, 0.05) is 0 Å². The molecule has 0 saturated carbocycles. The first-order chi connectivity index (χ1) is 7.33. The first-order valence-corrected chi connectivity index (χ1v) is 8.47. The molecule has 0 atom stereocenters. The molecular formula is C14H20Si. The smallest absolute Gasteiger partial charge is 0.0809 e. The fraction of sp³-hybridized carbons (Fsp3) is 0.429. The summed E-state index contributed by atoms with van der Waals surface area (Å²) in [4.78, 5) is 0. The second-order valence-electron chi connectivity index (χ2n) is 4.44. The average Bonchev–Trinajstić information content (AvgIpc) is 2.92. The van der Waals surface area contributed by atoms with E-state index in [-0.39, 0.29) is 0 Å². The minimum absolute atomic E-state index is 1.21. The van der Waals surface area contributed by atoms with E-state index in [9.17, 15) is 0 Å². The zero-order valence-electron chi connectivity index (χ0n) is 9.79. The monoisotopic (exact) mass is 216 g/mol. The molecule has 0 aromatic carbocycles. The summed E-state index contributed by atoms with van der Waals surface area (Å²) in [6.45, 7) is 4.77. The molecule has 0 heterocycles. The number of allylic oxidation sites excluding steroid dienone is 8. The van der Waals surface area contributed by atoms with Crippen molar-refractivity contribution < 1.29 is 0 Å². The summed E-state index contributed by atoms with van der Waals surface area (Å²) in [5.41, 5.74) is 0. The Bertz CT molecular complexity index is 320. The third kappa shape index (κ3) is 1.69. The van der Waals surface area contributed by atoms with Crippen LogP contribution in [0.2, 0.25) is 12.1 Å². The molecule has 0 saturated heterocycles. The Balaban J connectivity index is 2.31. The molecule has 0 aromatic rings. The molecule has 80 valence electrons. The van der Waals surface area contributed by atoms with Crippen LogP contribution in [-0.2, 0) is 0 Å². The Morgan fingerprint density at radius 2 is 1.40 bits per heavy atom. The lowest BCUT2D eigenvalue weighted by Crippen LogP contribution is -2.37. The van der Waals surface area contributed by atoms with E-state index in [4.69, 9.17) is 0 Å². The van der Waals surface area contributed by atoms with Crippen LogP contribution in [0.4, 0.5) is 0 Å². The molecule has 0 nitrogen and oxygen atoms in total. The Kier molecular flexibility index (Phi) is 3.10. The molecule has 0 aromatic heterocycles. The van der Waals surface area contributed by atoms with Gasteiger partial charge in [0.1, 0.15) is 8.07 Å². The lowest BCUT2D eigenvalue weighted by molar-refractivity contribution is 1.18. The van der Waals surface area contributed by atoms with E-state index in [1.165, 1.54) is 24.9 Å². The second kappa shape index (κ2) is 4.36. The molecule has 0 amide bonds. The van der Waals surface area contributed by atoms with Crippen LogP contribution in [0.1, 0.15) is 26.7 Å². The highest BCUT2D eigenvalue weighted by atomic mass is 28.3. The molecule has 15 heavy (non-hydrogen) atoms. The van der Waals surface area contributed by atoms with Gasteiger partial charge in [-0.25, -0.2) is 0 Å². The first kappa shape index (κ1) is 10.7. The minimum Gasteiger partial charge on any atom is -0.0809 e. The average molecular weight is 216 g/mol. The van der Waals surface area contributed by atoms with E-state index in [2.05, 4.69) is 50.3 Å². The van der Waals surface area contributed by atoms with E-state index < -0.39 is 8.07 Å². The van der Waals surface area contributed by atoms with Gasteiger partial charge in [-0.3, -0.25) is 0 Å². The minimum atomic E-state index is -1.28. The molecule has 1 heteroatoms. The van der Waals surface area contributed by atoms with Crippen molar-refractivity contribution in [1.82, 2.24) is 0 Å². The van der Waals surface area contributed by atoms with Gasteiger partial charge < -0.3 is 0 Å². The van der Waals surface area contributed by atoms with E-state index in [0.29, 0.717) is 0 Å². The molecule has 0 bridgehead atoms. The molecule has 0 unspecified atom stereocenters. The van der Waals surface area contributed by atoms with Crippen LogP contribution in [0, 0.1) is 0 Å². The number of hydrogen-bond donors (Lipinski definition) is 0. The van der Waals surface area contributed by atoms with Crippen molar-refractivity contribution >= 4 is 8.07 Å². The van der Waals surface area contributed by atoms with Gasteiger partial charge in [0.15, 0.2) is 0 Å². The van der Waals surface area contributed by atoms with Crippen molar-refractivity contribution in [1.29, 1.82) is 0 Å². The maximum Gasteiger partial charge on any atom is 0.109 e. The zero-order chi connectivity index (χ0) is 10.7. The van der Waals surface area contributed by atoms with Crippen LogP contribution in [-0.4, -0.2) is 8.07 Å². The van der Waals surface area contributed by atoms with Crippen molar-refractivity contribution in [2.24, 2.45) is 0 Å². The van der Waals surface area contributed by atoms with Crippen molar-refractivity contribution in [2.45, 2.75) is 38.8 Å². The fourth-order valence-electron chi connectivity index (χ4n) is 2.97. The fourth-order valence-corrected chi connectivity index (χ4v) is 7.55. The SMILES string of the molecule is CC[Si](CC)(C1=CC=CC1)C1=CC=CC1. The van der Waals surface area contributed by atoms with Crippen LogP contribution in [0.25, 0.3) is 0 Å². The van der Waals surface area contributed by atoms with E-state index in [1.807, 2.05) is 0 Å². The maximum atomic E-state index is 2.39. The molecule has 2 aliphatic rings. The lowest BCUT2D eigenvalue weighted by atomic mass is 10.5. The molecule has 0 spiro atoms. The summed E-state index contributed by atoms with van der Waals surface area (Å²) in [7, 11) is -1.28. The van der Waals surface area contributed by atoms with Crippen LogP contribution in [0.15, 0.2) is 46.8 Å². The Labute approximate surface area is 94.1 Å². The largest absolute Gasteiger partial charge is 0.109 e. The number of rotatable bonds is 4. The number of hydrogen-bond acceptors (Lipinski definition) is 0. The van der Waals surface area contributed by atoms with Crippen molar-refractivity contribution in [3.05, 3.63) is 46.8 Å². The maximum absolute atomic E-state index is 2.39. The van der Waals surface area contributed by atoms with E-state index >= 15 is 0 Å². The molecule has 0 N–H and O–H groups in total. The van der Waals surface area contributed by atoms with Crippen LogP contribution in [0.3, 0.4) is 0 Å². The predicted molar refractivity (Wildman–Crippen MR) is 70.4 cm³/mol. The Morgan fingerprint density at radius 1 is 0.933 bits per heavy atom. The quantitative estimate of drug-likeness (QED) is 0.614. The summed E-state index contributed by atoms with van der Waals surface area (Å²) in [5.74, 6) is 0. The van der Waals surface area contributed by atoms with Gasteiger partial charge in [0.25, 0.3) is 0 Å². The Morgan fingerprint density at radius 3 is 1.67 bits per heavy atom. The van der Waals surface area contributed by atoms with Gasteiger partial charge in [0.2, 0.25) is 0 Å². The van der Waals surface area contributed by atoms with Gasteiger partial charge >= 0.3 is 0 Å². The van der Waals surface area contributed by atoms with Crippen molar-refractivity contribution in [3.63, 3.8) is 0 Å².